The molecule has 0 unspecified atom stereocenters. The largest absolute Gasteiger partial charge is 0.338 e. The molecule has 0 spiro atoms. The first kappa shape index (κ1) is 11.9. The Bertz CT molecular complexity index is 723. The summed E-state index contributed by atoms with van der Waals surface area (Å²) in [6.45, 7) is 1.98. The van der Waals surface area contributed by atoms with E-state index in [2.05, 4.69) is 21.4 Å². The molecule has 3 rings (SSSR count). The summed E-state index contributed by atoms with van der Waals surface area (Å²) in [5, 5.41) is 4.99. The van der Waals surface area contributed by atoms with Crippen LogP contribution < -0.4 is 5.32 Å². The summed E-state index contributed by atoms with van der Waals surface area (Å²) < 4.78 is 0. The van der Waals surface area contributed by atoms with E-state index in [0.29, 0.717) is 5.02 Å². The Morgan fingerprint density at radius 2 is 1.95 bits per heavy atom. The van der Waals surface area contributed by atoms with E-state index in [1.807, 2.05) is 37.3 Å². The first-order chi connectivity index (χ1) is 9.22. The molecule has 2 aromatic heterocycles. The van der Waals surface area contributed by atoms with E-state index < -0.39 is 0 Å². The van der Waals surface area contributed by atoms with Crippen molar-refractivity contribution in [1.29, 1.82) is 0 Å². The number of hydrogen-bond donors (Lipinski definition) is 1. The third kappa shape index (κ3) is 2.51. The highest BCUT2D eigenvalue weighted by molar-refractivity contribution is 6.30. The molecule has 0 amide bonds. The van der Waals surface area contributed by atoms with Crippen LogP contribution in [-0.2, 0) is 0 Å². The molecule has 2 heterocycles. The van der Waals surface area contributed by atoms with Gasteiger partial charge in [-0.05, 0) is 31.2 Å². The summed E-state index contributed by atoms with van der Waals surface area (Å²) in [4.78, 5) is 8.80. The van der Waals surface area contributed by atoms with E-state index in [1.54, 1.807) is 12.3 Å². The molecule has 0 bridgehead atoms. The molecular weight excluding hydrogens is 258 g/mol. The Kier molecular flexibility index (Phi) is 3.05. The molecule has 94 valence electrons. The fraction of sp³-hybridized carbons (Fsp3) is 0.0667. The molecule has 0 aliphatic carbocycles. The zero-order valence-corrected chi connectivity index (χ0v) is 11.1. The lowest BCUT2D eigenvalue weighted by Gasteiger charge is -2.09. The van der Waals surface area contributed by atoms with Crippen LogP contribution in [0.25, 0.3) is 10.9 Å². The van der Waals surface area contributed by atoms with Crippen molar-refractivity contribution in [1.82, 2.24) is 9.97 Å². The number of rotatable bonds is 2. The molecule has 0 saturated heterocycles. The molecule has 4 heteroatoms. The molecule has 3 nitrogen and oxygen atoms in total. The molecular formula is C15H12ClN3. The van der Waals surface area contributed by atoms with Gasteiger partial charge in [0.05, 0.1) is 16.2 Å². The van der Waals surface area contributed by atoms with Gasteiger partial charge in [0.2, 0.25) is 0 Å². The van der Waals surface area contributed by atoms with Crippen LogP contribution in [0.2, 0.25) is 5.02 Å². The average molecular weight is 270 g/mol. The van der Waals surface area contributed by atoms with Gasteiger partial charge in [0, 0.05) is 17.3 Å². The monoisotopic (exact) mass is 269 g/mol. The lowest BCUT2D eigenvalue weighted by Crippen LogP contribution is -1.95. The van der Waals surface area contributed by atoms with Gasteiger partial charge in [-0.3, -0.25) is 4.98 Å². The molecule has 0 radical (unpaired) electrons. The van der Waals surface area contributed by atoms with Crippen molar-refractivity contribution in [3.05, 3.63) is 59.4 Å². The fourth-order valence-electron chi connectivity index (χ4n) is 1.93. The van der Waals surface area contributed by atoms with Crippen LogP contribution in [0.3, 0.4) is 0 Å². The highest BCUT2D eigenvalue weighted by atomic mass is 35.5. The second-order valence-electron chi connectivity index (χ2n) is 4.32. The maximum Gasteiger partial charge on any atom is 0.130 e. The number of benzene rings is 1. The molecule has 0 saturated carbocycles. The number of nitrogens with zero attached hydrogens (tertiary/aromatic N) is 2. The van der Waals surface area contributed by atoms with Crippen LogP contribution in [0.4, 0.5) is 11.5 Å². The van der Waals surface area contributed by atoms with E-state index in [9.17, 15) is 0 Å². The Hall–Kier alpha value is -2.13. The summed E-state index contributed by atoms with van der Waals surface area (Å²) in [6.07, 6.45) is 1.62. The number of hydrogen-bond acceptors (Lipinski definition) is 3. The minimum Gasteiger partial charge on any atom is -0.338 e. The number of nitrogens with one attached hydrogen (secondary N) is 1. The third-order valence-electron chi connectivity index (χ3n) is 2.85. The number of halogens is 1. The second-order valence-corrected chi connectivity index (χ2v) is 4.75. The maximum atomic E-state index is 5.83. The van der Waals surface area contributed by atoms with Gasteiger partial charge in [-0.2, -0.15) is 0 Å². The molecule has 19 heavy (non-hydrogen) atoms. The van der Waals surface area contributed by atoms with Crippen LogP contribution in [-0.4, -0.2) is 9.97 Å². The number of anilines is 2. The number of aryl methyl sites for hydroxylation is 1. The first-order valence-corrected chi connectivity index (χ1v) is 6.35. The Morgan fingerprint density at radius 1 is 1.05 bits per heavy atom. The molecule has 0 atom stereocenters. The van der Waals surface area contributed by atoms with E-state index in [-0.39, 0.29) is 0 Å². The van der Waals surface area contributed by atoms with Crippen molar-refractivity contribution in [2.24, 2.45) is 0 Å². The van der Waals surface area contributed by atoms with Gasteiger partial charge in [0.25, 0.3) is 0 Å². The van der Waals surface area contributed by atoms with Crippen molar-refractivity contribution >= 4 is 34.0 Å². The number of pyridine rings is 2. The zero-order valence-electron chi connectivity index (χ0n) is 10.4. The van der Waals surface area contributed by atoms with Crippen molar-refractivity contribution in [3.8, 4) is 0 Å². The SMILES string of the molecule is Cc1ccc2cccc(Nc3ccc(Cl)cn3)c2n1. The van der Waals surface area contributed by atoms with Gasteiger partial charge in [0.15, 0.2) is 0 Å². The molecule has 0 fully saturated rings. The fourth-order valence-corrected chi connectivity index (χ4v) is 2.05. The lowest BCUT2D eigenvalue weighted by atomic mass is 10.1. The molecule has 0 aliphatic rings. The van der Waals surface area contributed by atoms with Gasteiger partial charge in [-0.25, -0.2) is 4.98 Å². The standard InChI is InChI=1S/C15H12ClN3/c1-10-5-6-11-3-2-4-13(15(11)18-10)19-14-8-7-12(16)9-17-14/h2-9H,1H3,(H,17,19). The first-order valence-electron chi connectivity index (χ1n) is 5.97. The number of aromatic nitrogens is 2. The summed E-state index contributed by atoms with van der Waals surface area (Å²) in [7, 11) is 0. The topological polar surface area (TPSA) is 37.8 Å². The Morgan fingerprint density at radius 3 is 2.74 bits per heavy atom. The van der Waals surface area contributed by atoms with Crippen LogP contribution >= 0.6 is 11.6 Å². The van der Waals surface area contributed by atoms with Crippen molar-refractivity contribution in [2.45, 2.75) is 6.92 Å². The minimum absolute atomic E-state index is 0.623. The summed E-state index contributed by atoms with van der Waals surface area (Å²) in [6, 6.07) is 13.8. The second kappa shape index (κ2) is 4.86. The van der Waals surface area contributed by atoms with E-state index >= 15 is 0 Å². The van der Waals surface area contributed by atoms with Gasteiger partial charge < -0.3 is 5.32 Å². The van der Waals surface area contributed by atoms with Crippen LogP contribution in [0.5, 0.6) is 0 Å². The Balaban J connectivity index is 2.05. The highest BCUT2D eigenvalue weighted by Crippen LogP contribution is 2.24. The quantitative estimate of drug-likeness (QED) is 0.752. The van der Waals surface area contributed by atoms with Gasteiger partial charge in [-0.15, -0.1) is 0 Å². The summed E-state index contributed by atoms with van der Waals surface area (Å²) in [5.74, 6) is 0.750. The minimum atomic E-state index is 0.623. The highest BCUT2D eigenvalue weighted by Gasteiger charge is 2.03. The third-order valence-corrected chi connectivity index (χ3v) is 3.07. The molecule has 0 aliphatic heterocycles. The predicted octanol–water partition coefficient (Wildman–Crippen LogP) is 4.34. The molecule has 3 aromatic rings. The summed E-state index contributed by atoms with van der Waals surface area (Å²) >= 11 is 5.83. The predicted molar refractivity (Wildman–Crippen MR) is 79.0 cm³/mol. The Labute approximate surface area is 116 Å². The van der Waals surface area contributed by atoms with Gasteiger partial charge in [0.1, 0.15) is 5.82 Å². The lowest BCUT2D eigenvalue weighted by molar-refractivity contribution is 1.25. The smallest absolute Gasteiger partial charge is 0.130 e. The molecule has 1 aromatic carbocycles. The van der Waals surface area contributed by atoms with E-state index in [1.165, 1.54) is 0 Å². The average Bonchev–Trinajstić information content (AvgIpc) is 2.42. The maximum absolute atomic E-state index is 5.83. The van der Waals surface area contributed by atoms with Gasteiger partial charge in [-0.1, -0.05) is 29.8 Å². The van der Waals surface area contributed by atoms with Crippen LogP contribution in [0.15, 0.2) is 48.7 Å². The summed E-state index contributed by atoms with van der Waals surface area (Å²) in [5.41, 5.74) is 2.88. The van der Waals surface area contributed by atoms with Crippen LogP contribution in [0, 0.1) is 6.92 Å². The number of fused-ring (bicyclic) bond motifs is 1. The van der Waals surface area contributed by atoms with Crippen molar-refractivity contribution in [2.75, 3.05) is 5.32 Å². The van der Waals surface area contributed by atoms with Crippen LogP contribution in [0.1, 0.15) is 5.69 Å². The zero-order chi connectivity index (χ0) is 13.2. The van der Waals surface area contributed by atoms with Crippen molar-refractivity contribution in [3.63, 3.8) is 0 Å². The normalized spacial score (nSPS) is 10.6. The van der Waals surface area contributed by atoms with E-state index in [0.717, 1.165) is 28.1 Å². The van der Waals surface area contributed by atoms with Gasteiger partial charge >= 0.3 is 0 Å². The van der Waals surface area contributed by atoms with Crippen molar-refractivity contribution < 1.29 is 0 Å². The van der Waals surface area contributed by atoms with E-state index in [4.69, 9.17) is 11.6 Å². The number of para-hydroxylation sites is 1. The molecule has 1 N–H and O–H groups in total.